The molecule has 1 heterocycles. The molecule has 3 aromatic carbocycles. The molecule has 0 aliphatic carbocycles. The van der Waals surface area contributed by atoms with Gasteiger partial charge in [0.2, 0.25) is 0 Å². The summed E-state index contributed by atoms with van der Waals surface area (Å²) < 4.78 is 0. The molecule has 0 spiro atoms. The van der Waals surface area contributed by atoms with Crippen molar-refractivity contribution in [2.24, 2.45) is 0 Å². The fourth-order valence-electron chi connectivity index (χ4n) is 3.22. The highest BCUT2D eigenvalue weighted by Crippen LogP contribution is 2.36. The number of hydrogen-bond acceptors (Lipinski definition) is 4. The lowest BCUT2D eigenvalue weighted by Crippen LogP contribution is -2.37. The third-order valence-electron chi connectivity index (χ3n) is 4.48. The van der Waals surface area contributed by atoms with Crippen molar-refractivity contribution in [1.82, 2.24) is 5.32 Å². The van der Waals surface area contributed by atoms with Crippen molar-refractivity contribution in [3.05, 3.63) is 106 Å². The second-order valence-corrected chi connectivity index (χ2v) is 6.02. The number of rotatable bonds is 3. The molecule has 2 atom stereocenters. The average molecular weight is 331 g/mol. The topological polar surface area (TPSA) is 67.2 Å². The molecule has 0 unspecified atom stereocenters. The van der Waals surface area contributed by atoms with Crippen molar-refractivity contribution >= 4 is 11.4 Å². The Hall–Kier alpha value is -3.18. The Kier molecular flexibility index (Phi) is 3.91. The Morgan fingerprint density at radius 1 is 0.800 bits per heavy atom. The SMILES string of the molecule is O=[N+]([O-])c1ccc([C@@H]2Nc3ccccc3[C@@H](c3ccccc3)N2)cc1. The summed E-state index contributed by atoms with van der Waals surface area (Å²) in [5.41, 5.74) is 4.49. The predicted octanol–water partition coefficient (Wildman–Crippen LogP) is 4.40. The van der Waals surface area contributed by atoms with Gasteiger partial charge in [-0.05, 0) is 34.9 Å². The van der Waals surface area contributed by atoms with Gasteiger partial charge in [-0.15, -0.1) is 0 Å². The second kappa shape index (κ2) is 6.37. The van der Waals surface area contributed by atoms with Crippen LogP contribution in [0.4, 0.5) is 11.4 Å². The average Bonchev–Trinajstić information content (AvgIpc) is 2.68. The van der Waals surface area contributed by atoms with Crippen LogP contribution in [0.2, 0.25) is 0 Å². The first-order valence-corrected chi connectivity index (χ1v) is 8.13. The van der Waals surface area contributed by atoms with Gasteiger partial charge in [0.15, 0.2) is 0 Å². The molecule has 3 aromatic rings. The van der Waals surface area contributed by atoms with Crippen LogP contribution in [-0.4, -0.2) is 4.92 Å². The Morgan fingerprint density at radius 3 is 2.20 bits per heavy atom. The fourth-order valence-corrected chi connectivity index (χ4v) is 3.22. The molecule has 5 nitrogen and oxygen atoms in total. The summed E-state index contributed by atoms with van der Waals surface area (Å²) >= 11 is 0. The van der Waals surface area contributed by atoms with E-state index in [0.29, 0.717) is 0 Å². The Balaban J connectivity index is 1.71. The molecule has 124 valence electrons. The van der Waals surface area contributed by atoms with Crippen LogP contribution in [0.1, 0.15) is 28.9 Å². The maximum Gasteiger partial charge on any atom is 0.269 e. The van der Waals surface area contributed by atoms with Crippen LogP contribution in [0.15, 0.2) is 78.9 Å². The highest BCUT2D eigenvalue weighted by molar-refractivity contribution is 5.58. The van der Waals surface area contributed by atoms with E-state index in [-0.39, 0.29) is 22.8 Å². The molecule has 0 bridgehead atoms. The number of non-ortho nitro benzene ring substituents is 1. The molecule has 0 radical (unpaired) electrons. The van der Waals surface area contributed by atoms with Gasteiger partial charge in [-0.1, -0.05) is 48.5 Å². The zero-order valence-electron chi connectivity index (χ0n) is 13.4. The summed E-state index contributed by atoms with van der Waals surface area (Å²) in [4.78, 5) is 10.5. The van der Waals surface area contributed by atoms with Gasteiger partial charge >= 0.3 is 0 Å². The van der Waals surface area contributed by atoms with Crippen molar-refractivity contribution in [3.63, 3.8) is 0 Å². The lowest BCUT2D eigenvalue weighted by molar-refractivity contribution is -0.384. The van der Waals surface area contributed by atoms with Gasteiger partial charge in [0.1, 0.15) is 6.17 Å². The van der Waals surface area contributed by atoms with Crippen molar-refractivity contribution in [3.8, 4) is 0 Å². The lowest BCUT2D eigenvalue weighted by atomic mass is 9.93. The van der Waals surface area contributed by atoms with Crippen LogP contribution in [0, 0.1) is 10.1 Å². The molecule has 0 amide bonds. The molecule has 4 rings (SSSR count). The molecule has 0 saturated heterocycles. The molecule has 2 N–H and O–H groups in total. The Morgan fingerprint density at radius 2 is 1.48 bits per heavy atom. The lowest BCUT2D eigenvalue weighted by Gasteiger charge is -2.35. The second-order valence-electron chi connectivity index (χ2n) is 6.02. The van der Waals surface area contributed by atoms with E-state index < -0.39 is 0 Å². The van der Waals surface area contributed by atoms with Crippen LogP contribution in [-0.2, 0) is 0 Å². The number of fused-ring (bicyclic) bond motifs is 1. The summed E-state index contributed by atoms with van der Waals surface area (Å²) in [6, 6.07) is 25.2. The summed E-state index contributed by atoms with van der Waals surface area (Å²) in [6.45, 7) is 0. The molecule has 0 fully saturated rings. The summed E-state index contributed by atoms with van der Waals surface area (Å²) in [5.74, 6) is 0. The number of hydrogen-bond donors (Lipinski definition) is 2. The van der Waals surface area contributed by atoms with Crippen LogP contribution in [0.25, 0.3) is 0 Å². The molecular formula is C20H17N3O2. The quantitative estimate of drug-likeness (QED) is 0.551. The number of nitrogens with zero attached hydrogens (tertiary/aromatic N) is 1. The van der Waals surface area contributed by atoms with E-state index in [0.717, 1.165) is 11.3 Å². The fraction of sp³-hybridized carbons (Fsp3) is 0.100. The van der Waals surface area contributed by atoms with Crippen LogP contribution in [0.3, 0.4) is 0 Å². The number of anilines is 1. The van der Waals surface area contributed by atoms with Gasteiger partial charge in [-0.2, -0.15) is 0 Å². The van der Waals surface area contributed by atoms with E-state index in [1.165, 1.54) is 23.3 Å². The minimum absolute atomic E-state index is 0.0545. The number of nitrogens with one attached hydrogen (secondary N) is 2. The first-order chi connectivity index (χ1) is 12.2. The standard InChI is InChI=1S/C20H17N3O2/c24-23(25)16-12-10-15(11-13-16)20-21-18-9-5-4-8-17(18)19(22-20)14-6-2-1-3-7-14/h1-13,19-22H/t19-,20-/m1/s1. The van der Waals surface area contributed by atoms with Crippen LogP contribution >= 0.6 is 0 Å². The van der Waals surface area contributed by atoms with E-state index in [9.17, 15) is 10.1 Å². The van der Waals surface area contributed by atoms with E-state index in [1.54, 1.807) is 12.1 Å². The smallest absolute Gasteiger partial charge is 0.269 e. The molecule has 5 heteroatoms. The molecule has 1 aliphatic rings. The molecule has 0 aromatic heterocycles. The van der Waals surface area contributed by atoms with E-state index >= 15 is 0 Å². The maximum atomic E-state index is 10.9. The van der Waals surface area contributed by atoms with Gasteiger partial charge < -0.3 is 5.32 Å². The van der Waals surface area contributed by atoms with Crippen LogP contribution < -0.4 is 10.6 Å². The van der Waals surface area contributed by atoms with Crippen molar-refractivity contribution in [2.75, 3.05) is 5.32 Å². The van der Waals surface area contributed by atoms with E-state index in [1.807, 2.05) is 30.3 Å². The first-order valence-electron chi connectivity index (χ1n) is 8.13. The molecule has 0 saturated carbocycles. The minimum atomic E-state index is -0.381. The van der Waals surface area contributed by atoms with Gasteiger partial charge in [0.25, 0.3) is 5.69 Å². The van der Waals surface area contributed by atoms with Crippen molar-refractivity contribution < 1.29 is 4.92 Å². The molecule has 1 aliphatic heterocycles. The van der Waals surface area contributed by atoms with Gasteiger partial charge in [-0.3, -0.25) is 15.4 Å². The van der Waals surface area contributed by atoms with Gasteiger partial charge in [0, 0.05) is 17.8 Å². The maximum absolute atomic E-state index is 10.9. The van der Waals surface area contributed by atoms with Crippen molar-refractivity contribution in [2.45, 2.75) is 12.2 Å². The predicted molar refractivity (Wildman–Crippen MR) is 97.3 cm³/mol. The zero-order valence-corrected chi connectivity index (χ0v) is 13.4. The molecule has 25 heavy (non-hydrogen) atoms. The Bertz CT molecular complexity index is 894. The highest BCUT2D eigenvalue weighted by atomic mass is 16.6. The zero-order chi connectivity index (χ0) is 17.2. The number of nitro groups is 1. The summed E-state index contributed by atoms with van der Waals surface area (Å²) in [5, 5.41) is 18.0. The largest absolute Gasteiger partial charge is 0.366 e. The monoisotopic (exact) mass is 331 g/mol. The van der Waals surface area contributed by atoms with Crippen molar-refractivity contribution in [1.29, 1.82) is 0 Å². The summed E-state index contributed by atoms with van der Waals surface area (Å²) in [6.07, 6.45) is -0.124. The molecular weight excluding hydrogens is 314 g/mol. The Labute approximate surface area is 145 Å². The highest BCUT2D eigenvalue weighted by Gasteiger charge is 2.27. The van der Waals surface area contributed by atoms with E-state index in [4.69, 9.17) is 0 Å². The van der Waals surface area contributed by atoms with Gasteiger partial charge in [0.05, 0.1) is 11.0 Å². The third kappa shape index (κ3) is 2.97. The normalized spacial score (nSPS) is 18.9. The summed E-state index contributed by atoms with van der Waals surface area (Å²) in [7, 11) is 0. The minimum Gasteiger partial charge on any atom is -0.366 e. The third-order valence-corrected chi connectivity index (χ3v) is 4.48. The number of para-hydroxylation sites is 1. The van der Waals surface area contributed by atoms with Crippen LogP contribution in [0.5, 0.6) is 0 Å². The first kappa shape index (κ1) is 15.4. The van der Waals surface area contributed by atoms with Gasteiger partial charge in [-0.25, -0.2) is 0 Å². The number of benzene rings is 3. The van der Waals surface area contributed by atoms with E-state index in [2.05, 4.69) is 34.9 Å². The number of nitro benzene ring substituents is 1.